The molecule has 0 spiro atoms. The van der Waals surface area contributed by atoms with Gasteiger partial charge in [-0.2, -0.15) is 9.64 Å². The molecule has 0 aliphatic carbocycles. The zero-order valence-electron chi connectivity index (χ0n) is 10.5. The van der Waals surface area contributed by atoms with E-state index < -0.39 is 0 Å². The highest BCUT2D eigenvalue weighted by atomic mass is 35.5. The summed E-state index contributed by atoms with van der Waals surface area (Å²) in [5.41, 5.74) is 1.23. The Morgan fingerprint density at radius 2 is 2.33 bits per heavy atom. The van der Waals surface area contributed by atoms with Gasteiger partial charge in [-0.25, -0.2) is 4.98 Å². The van der Waals surface area contributed by atoms with Gasteiger partial charge < -0.3 is 4.42 Å². The van der Waals surface area contributed by atoms with Crippen molar-refractivity contribution in [2.24, 2.45) is 0 Å². The molecule has 0 saturated heterocycles. The summed E-state index contributed by atoms with van der Waals surface area (Å²) in [4.78, 5) is 4.35. The molecule has 10 heteroatoms. The first-order valence-electron chi connectivity index (χ1n) is 5.62. The van der Waals surface area contributed by atoms with Crippen LogP contribution in [0.1, 0.15) is 22.2 Å². The van der Waals surface area contributed by atoms with E-state index in [1.165, 1.54) is 11.8 Å². The molecule has 0 aliphatic heterocycles. The molecule has 3 aromatic rings. The normalized spacial score (nSPS) is 10.7. The summed E-state index contributed by atoms with van der Waals surface area (Å²) in [7, 11) is 0. The number of nitriles is 1. The molecule has 0 N–H and O–H groups in total. The Bertz CT molecular complexity index is 818. The standard InChI is InChI=1S/C11H6ClN5OS3/c1-5-14-6(4-19-5)2-8-15-16-11(18-8)20-10-7(3-13)9(12)17-21-10/h4H,2H2,1H3. The molecule has 0 unspecified atom stereocenters. The molecule has 0 aromatic carbocycles. The summed E-state index contributed by atoms with van der Waals surface area (Å²) in [6, 6.07) is 2.01. The van der Waals surface area contributed by atoms with E-state index in [1.807, 2.05) is 18.4 Å². The quantitative estimate of drug-likeness (QED) is 0.706. The Hall–Kier alpha value is -1.47. The van der Waals surface area contributed by atoms with E-state index in [2.05, 4.69) is 19.6 Å². The van der Waals surface area contributed by atoms with Gasteiger partial charge in [-0.15, -0.1) is 21.5 Å². The average Bonchev–Trinajstić information content (AvgIpc) is 3.14. The smallest absolute Gasteiger partial charge is 0.282 e. The van der Waals surface area contributed by atoms with Gasteiger partial charge in [0.1, 0.15) is 15.8 Å². The topological polar surface area (TPSA) is 88.5 Å². The minimum absolute atomic E-state index is 0.197. The van der Waals surface area contributed by atoms with Crippen LogP contribution in [-0.4, -0.2) is 19.6 Å². The van der Waals surface area contributed by atoms with Crippen LogP contribution in [-0.2, 0) is 6.42 Å². The fraction of sp³-hybridized carbons (Fsp3) is 0.182. The number of hydrogen-bond acceptors (Lipinski definition) is 9. The predicted molar refractivity (Wildman–Crippen MR) is 79.9 cm³/mol. The van der Waals surface area contributed by atoms with Gasteiger partial charge >= 0.3 is 0 Å². The largest absolute Gasteiger partial charge is 0.415 e. The molecule has 6 nitrogen and oxygen atoms in total. The van der Waals surface area contributed by atoms with Crippen LogP contribution in [0.4, 0.5) is 0 Å². The molecule has 0 atom stereocenters. The Balaban J connectivity index is 1.74. The fourth-order valence-electron chi connectivity index (χ4n) is 1.49. The lowest BCUT2D eigenvalue weighted by atomic mass is 10.3. The molecule has 0 bridgehead atoms. The van der Waals surface area contributed by atoms with Crippen LogP contribution in [0.25, 0.3) is 0 Å². The van der Waals surface area contributed by atoms with Gasteiger partial charge in [-0.05, 0) is 30.2 Å². The molecule has 0 radical (unpaired) electrons. The maximum atomic E-state index is 9.01. The Kier molecular flexibility index (Phi) is 4.21. The molecular formula is C11H6ClN5OS3. The highest BCUT2D eigenvalue weighted by Crippen LogP contribution is 2.36. The van der Waals surface area contributed by atoms with Crippen LogP contribution in [0.15, 0.2) is 19.2 Å². The molecule has 0 amide bonds. The summed E-state index contributed by atoms with van der Waals surface area (Å²) in [6.07, 6.45) is 0.493. The molecule has 0 aliphatic rings. The number of halogens is 1. The number of hydrogen-bond donors (Lipinski definition) is 0. The van der Waals surface area contributed by atoms with Crippen molar-refractivity contribution in [3.05, 3.63) is 32.7 Å². The van der Waals surface area contributed by atoms with Gasteiger partial charge in [-0.1, -0.05) is 11.6 Å². The number of rotatable bonds is 4. The van der Waals surface area contributed by atoms with E-state index in [-0.39, 0.29) is 5.15 Å². The summed E-state index contributed by atoms with van der Waals surface area (Å²) in [6.45, 7) is 1.94. The second-order valence-electron chi connectivity index (χ2n) is 3.85. The summed E-state index contributed by atoms with van der Waals surface area (Å²) < 4.78 is 10.1. The minimum Gasteiger partial charge on any atom is -0.415 e. The summed E-state index contributed by atoms with van der Waals surface area (Å²) in [5.74, 6) is 0.483. The molecule has 0 fully saturated rings. The Labute approximate surface area is 137 Å². The van der Waals surface area contributed by atoms with Gasteiger partial charge in [0.25, 0.3) is 5.22 Å². The molecule has 21 heavy (non-hydrogen) atoms. The first-order valence-corrected chi connectivity index (χ1v) is 8.47. The van der Waals surface area contributed by atoms with E-state index in [0.29, 0.717) is 27.3 Å². The number of aryl methyl sites for hydroxylation is 1. The number of aromatic nitrogens is 4. The van der Waals surface area contributed by atoms with Crippen LogP contribution in [0.2, 0.25) is 5.15 Å². The third-order valence-electron chi connectivity index (χ3n) is 2.36. The third kappa shape index (κ3) is 3.24. The van der Waals surface area contributed by atoms with Gasteiger partial charge in [0, 0.05) is 5.38 Å². The van der Waals surface area contributed by atoms with E-state index in [0.717, 1.165) is 22.2 Å². The molecule has 106 valence electrons. The van der Waals surface area contributed by atoms with Crippen molar-refractivity contribution in [2.45, 2.75) is 22.8 Å². The molecule has 0 saturated carbocycles. The van der Waals surface area contributed by atoms with Gasteiger partial charge in [-0.3, -0.25) is 0 Å². The van der Waals surface area contributed by atoms with Crippen molar-refractivity contribution >= 4 is 46.2 Å². The van der Waals surface area contributed by atoms with Crippen molar-refractivity contribution in [3.63, 3.8) is 0 Å². The van der Waals surface area contributed by atoms with Gasteiger partial charge in [0.15, 0.2) is 5.15 Å². The lowest BCUT2D eigenvalue weighted by Gasteiger charge is -1.91. The number of thiazole rings is 1. The highest BCUT2D eigenvalue weighted by molar-refractivity contribution is 8.00. The SMILES string of the molecule is Cc1nc(Cc2nnc(Sc3snc(Cl)c3C#N)o2)cs1. The monoisotopic (exact) mass is 355 g/mol. The maximum absolute atomic E-state index is 9.01. The van der Waals surface area contributed by atoms with Crippen LogP contribution in [0.3, 0.4) is 0 Å². The van der Waals surface area contributed by atoms with Crippen LogP contribution >= 0.6 is 46.2 Å². The van der Waals surface area contributed by atoms with Gasteiger partial charge in [0.05, 0.1) is 17.1 Å². The van der Waals surface area contributed by atoms with Crippen LogP contribution < -0.4 is 0 Å². The van der Waals surface area contributed by atoms with E-state index in [9.17, 15) is 0 Å². The first kappa shape index (κ1) is 14.5. The van der Waals surface area contributed by atoms with Crippen molar-refractivity contribution < 1.29 is 4.42 Å². The second-order valence-corrected chi connectivity index (χ2v) is 7.26. The number of nitrogens with zero attached hydrogens (tertiary/aromatic N) is 5. The van der Waals surface area contributed by atoms with Crippen molar-refractivity contribution in [2.75, 3.05) is 0 Å². The molecule has 3 rings (SSSR count). The van der Waals surface area contributed by atoms with E-state index in [4.69, 9.17) is 21.3 Å². The Morgan fingerprint density at radius 1 is 1.48 bits per heavy atom. The van der Waals surface area contributed by atoms with Crippen LogP contribution in [0.5, 0.6) is 0 Å². The highest BCUT2D eigenvalue weighted by Gasteiger charge is 2.17. The van der Waals surface area contributed by atoms with E-state index in [1.54, 1.807) is 11.3 Å². The lowest BCUT2D eigenvalue weighted by Crippen LogP contribution is -1.88. The molecule has 3 heterocycles. The lowest BCUT2D eigenvalue weighted by molar-refractivity contribution is 0.419. The summed E-state index contributed by atoms with van der Waals surface area (Å²) >= 11 is 9.71. The summed E-state index contributed by atoms with van der Waals surface area (Å²) in [5, 5.41) is 20.4. The zero-order valence-corrected chi connectivity index (χ0v) is 13.7. The second kappa shape index (κ2) is 6.11. The van der Waals surface area contributed by atoms with E-state index >= 15 is 0 Å². The van der Waals surface area contributed by atoms with Gasteiger partial charge in [0.2, 0.25) is 5.89 Å². The zero-order chi connectivity index (χ0) is 14.8. The minimum atomic E-state index is 0.197. The maximum Gasteiger partial charge on any atom is 0.282 e. The molecular weight excluding hydrogens is 350 g/mol. The third-order valence-corrected chi connectivity index (χ3v) is 5.40. The predicted octanol–water partition coefficient (Wildman–Crippen LogP) is 3.56. The fourth-order valence-corrected chi connectivity index (χ4v) is 4.04. The average molecular weight is 356 g/mol. The van der Waals surface area contributed by atoms with Crippen molar-refractivity contribution in [1.29, 1.82) is 5.26 Å². The molecule has 3 aromatic heterocycles. The Morgan fingerprint density at radius 3 is 3.05 bits per heavy atom. The van der Waals surface area contributed by atoms with Crippen LogP contribution in [0, 0.1) is 18.3 Å². The first-order chi connectivity index (χ1) is 10.2. The van der Waals surface area contributed by atoms with Crippen molar-refractivity contribution in [1.82, 2.24) is 19.6 Å². The van der Waals surface area contributed by atoms with Crippen molar-refractivity contribution in [3.8, 4) is 6.07 Å².